The minimum atomic E-state index is -0.736. The van der Waals surface area contributed by atoms with E-state index in [1.807, 2.05) is 24.3 Å². The van der Waals surface area contributed by atoms with Gasteiger partial charge in [-0.15, -0.1) is 10.2 Å². The third kappa shape index (κ3) is 4.46. The number of nitrogens with one attached hydrogen (secondary N) is 1. The highest BCUT2D eigenvalue weighted by atomic mass is 79.9. The average molecular weight is 435 g/mol. The topological polar surface area (TPSA) is 91.8 Å². The summed E-state index contributed by atoms with van der Waals surface area (Å²) in [5.74, 6) is 0.225. The van der Waals surface area contributed by atoms with Gasteiger partial charge in [-0.1, -0.05) is 53.0 Å². The van der Waals surface area contributed by atoms with Crippen molar-refractivity contribution in [3.05, 3.63) is 28.7 Å². The second kappa shape index (κ2) is 8.23. The number of hydrogen-bond acceptors (Lipinski definition) is 6. The third-order valence-corrected chi connectivity index (χ3v) is 5.84. The van der Waals surface area contributed by atoms with Gasteiger partial charge in [0.2, 0.25) is 11.8 Å². The predicted molar refractivity (Wildman–Crippen MR) is 102 cm³/mol. The first-order valence-corrected chi connectivity index (χ1v) is 10.2. The van der Waals surface area contributed by atoms with Crippen LogP contribution in [-0.2, 0) is 4.79 Å². The number of thioether (sulfide) groups is 1. The van der Waals surface area contributed by atoms with E-state index in [1.165, 1.54) is 11.8 Å². The van der Waals surface area contributed by atoms with E-state index in [1.54, 1.807) is 6.92 Å². The summed E-state index contributed by atoms with van der Waals surface area (Å²) in [6, 6.07) is 9.87. The Bertz CT molecular complexity index is 827. The molecule has 26 heavy (non-hydrogen) atoms. The van der Waals surface area contributed by atoms with Gasteiger partial charge in [0.25, 0.3) is 5.22 Å². The van der Waals surface area contributed by atoms with Crippen molar-refractivity contribution in [2.45, 2.75) is 55.0 Å². The van der Waals surface area contributed by atoms with Crippen molar-refractivity contribution in [1.29, 1.82) is 5.26 Å². The maximum Gasteiger partial charge on any atom is 0.277 e. The Hall–Kier alpha value is -1.85. The number of carbonyl (C=O) groups is 1. The molecular formula is C18H19BrN4O2S. The van der Waals surface area contributed by atoms with Crippen LogP contribution < -0.4 is 5.32 Å². The number of nitrogens with zero attached hydrogens (tertiary/aromatic N) is 3. The number of carbonyl (C=O) groups excluding carboxylic acids is 1. The smallest absolute Gasteiger partial charge is 0.277 e. The van der Waals surface area contributed by atoms with Crippen LogP contribution in [0.1, 0.15) is 39.0 Å². The zero-order valence-electron chi connectivity index (χ0n) is 14.4. The van der Waals surface area contributed by atoms with E-state index < -0.39 is 10.8 Å². The first kappa shape index (κ1) is 18.9. The second-order valence-electron chi connectivity index (χ2n) is 6.39. The summed E-state index contributed by atoms with van der Waals surface area (Å²) < 4.78 is 6.58. The number of benzene rings is 1. The maximum absolute atomic E-state index is 12.5. The Morgan fingerprint density at radius 3 is 2.85 bits per heavy atom. The van der Waals surface area contributed by atoms with E-state index in [9.17, 15) is 10.1 Å². The number of rotatable bonds is 5. The van der Waals surface area contributed by atoms with Crippen LogP contribution in [0.4, 0.5) is 0 Å². The molecule has 0 spiro atoms. The number of halogens is 1. The fourth-order valence-electron chi connectivity index (χ4n) is 2.96. The highest BCUT2D eigenvalue weighted by Crippen LogP contribution is 2.30. The summed E-state index contributed by atoms with van der Waals surface area (Å²) in [5, 5.41) is 20.4. The first-order valence-electron chi connectivity index (χ1n) is 8.51. The van der Waals surface area contributed by atoms with Crippen molar-refractivity contribution in [3.63, 3.8) is 0 Å². The fraction of sp³-hybridized carbons (Fsp3) is 0.444. The molecule has 6 nitrogen and oxygen atoms in total. The molecule has 1 aromatic heterocycles. The summed E-state index contributed by atoms with van der Waals surface area (Å²) in [7, 11) is 0. The Balaban J connectivity index is 1.63. The minimum Gasteiger partial charge on any atom is -0.411 e. The van der Waals surface area contributed by atoms with Gasteiger partial charge in [-0.2, -0.15) is 5.26 Å². The Morgan fingerprint density at radius 1 is 1.38 bits per heavy atom. The van der Waals surface area contributed by atoms with Crippen LogP contribution in [0.5, 0.6) is 0 Å². The molecule has 1 amide bonds. The summed E-state index contributed by atoms with van der Waals surface area (Å²) in [5.41, 5.74) is 0.0713. The van der Waals surface area contributed by atoms with Gasteiger partial charge in [-0.25, -0.2) is 0 Å². The molecule has 0 saturated heterocycles. The number of amides is 1. The van der Waals surface area contributed by atoms with Crippen LogP contribution in [0.3, 0.4) is 0 Å². The fourth-order valence-corrected chi connectivity index (χ4v) is 4.04. The highest BCUT2D eigenvalue weighted by molar-refractivity contribution is 9.10. The van der Waals surface area contributed by atoms with E-state index in [2.05, 4.69) is 37.5 Å². The number of nitriles is 1. The van der Waals surface area contributed by atoms with E-state index in [4.69, 9.17) is 4.42 Å². The molecule has 0 aliphatic heterocycles. The van der Waals surface area contributed by atoms with Crippen molar-refractivity contribution < 1.29 is 9.21 Å². The molecule has 1 saturated carbocycles. The maximum atomic E-state index is 12.5. The lowest BCUT2D eigenvalue weighted by molar-refractivity contribution is -0.122. The molecule has 8 heteroatoms. The molecule has 1 aliphatic carbocycles. The van der Waals surface area contributed by atoms with Crippen molar-refractivity contribution in [1.82, 2.24) is 15.5 Å². The molecule has 1 atom stereocenters. The van der Waals surface area contributed by atoms with E-state index in [0.29, 0.717) is 24.0 Å². The average Bonchev–Trinajstić information content (AvgIpc) is 3.11. The molecule has 136 valence electrons. The molecule has 2 aromatic rings. The van der Waals surface area contributed by atoms with Gasteiger partial charge in [-0.05, 0) is 38.0 Å². The Labute approximate surface area is 164 Å². The highest BCUT2D eigenvalue weighted by Gasteiger charge is 2.35. The van der Waals surface area contributed by atoms with Crippen LogP contribution in [-0.4, -0.2) is 26.9 Å². The van der Waals surface area contributed by atoms with Crippen molar-refractivity contribution in [2.24, 2.45) is 0 Å². The van der Waals surface area contributed by atoms with E-state index >= 15 is 0 Å². The van der Waals surface area contributed by atoms with Crippen molar-refractivity contribution >= 4 is 33.6 Å². The lowest BCUT2D eigenvalue weighted by atomic mass is 9.83. The normalized spacial score (nSPS) is 17.3. The van der Waals surface area contributed by atoms with E-state index in [-0.39, 0.29) is 5.91 Å². The second-order valence-corrected chi connectivity index (χ2v) is 8.60. The summed E-state index contributed by atoms with van der Waals surface area (Å²) >= 11 is 4.61. The standard InChI is InChI=1S/C18H19BrN4O2S/c1-12(15(24)21-18(11-20)8-3-2-4-9-18)26-17-23-22-16(25-17)13-6-5-7-14(19)10-13/h5-7,10,12H,2-4,8-9H2,1H3,(H,21,24)/t12-/m1/s1. The molecule has 0 unspecified atom stereocenters. The van der Waals surface area contributed by atoms with Crippen molar-refractivity contribution in [2.75, 3.05) is 0 Å². The van der Waals surface area contributed by atoms with Crippen LogP contribution in [0.15, 0.2) is 38.4 Å². The largest absolute Gasteiger partial charge is 0.411 e. The summed E-state index contributed by atoms with van der Waals surface area (Å²) in [6.45, 7) is 1.77. The lowest BCUT2D eigenvalue weighted by Crippen LogP contribution is -2.50. The summed E-state index contributed by atoms with van der Waals surface area (Å²) in [4.78, 5) is 12.5. The van der Waals surface area contributed by atoms with Gasteiger partial charge in [0.05, 0.1) is 11.3 Å². The Kier molecular flexibility index (Phi) is 5.99. The number of aromatic nitrogens is 2. The zero-order chi connectivity index (χ0) is 18.6. The lowest BCUT2D eigenvalue weighted by Gasteiger charge is -2.32. The van der Waals surface area contributed by atoms with Gasteiger partial charge in [0, 0.05) is 10.0 Å². The monoisotopic (exact) mass is 434 g/mol. The van der Waals surface area contributed by atoms with Crippen LogP contribution in [0.25, 0.3) is 11.5 Å². The molecule has 1 heterocycles. The summed E-state index contributed by atoms with van der Waals surface area (Å²) in [6.07, 6.45) is 4.47. The molecule has 3 rings (SSSR count). The van der Waals surface area contributed by atoms with Crippen LogP contribution in [0, 0.1) is 11.3 Å². The molecule has 1 aliphatic rings. The van der Waals surface area contributed by atoms with Gasteiger partial charge in [0.1, 0.15) is 5.54 Å². The van der Waals surface area contributed by atoms with Gasteiger partial charge in [-0.3, -0.25) is 4.79 Å². The van der Waals surface area contributed by atoms with Crippen LogP contribution in [0.2, 0.25) is 0 Å². The van der Waals surface area contributed by atoms with Gasteiger partial charge < -0.3 is 9.73 Å². The Morgan fingerprint density at radius 2 is 2.15 bits per heavy atom. The van der Waals surface area contributed by atoms with Gasteiger partial charge >= 0.3 is 0 Å². The quantitative estimate of drug-likeness (QED) is 0.704. The molecule has 1 N–H and O–H groups in total. The molecule has 1 fully saturated rings. The molecule has 0 bridgehead atoms. The molecule has 0 radical (unpaired) electrons. The predicted octanol–water partition coefficient (Wildman–Crippen LogP) is 4.32. The van der Waals surface area contributed by atoms with E-state index in [0.717, 1.165) is 29.3 Å². The first-order chi connectivity index (χ1) is 12.5. The molecular weight excluding hydrogens is 416 g/mol. The van der Waals surface area contributed by atoms with Crippen LogP contribution >= 0.6 is 27.7 Å². The third-order valence-electron chi connectivity index (χ3n) is 4.41. The van der Waals surface area contributed by atoms with Crippen molar-refractivity contribution in [3.8, 4) is 17.5 Å². The SMILES string of the molecule is C[C@@H](Sc1nnc(-c2cccc(Br)c2)o1)C(=O)NC1(C#N)CCCCC1. The molecule has 1 aromatic carbocycles. The number of hydrogen-bond donors (Lipinski definition) is 1. The minimum absolute atomic E-state index is 0.180. The van der Waals surface area contributed by atoms with Gasteiger partial charge in [0.15, 0.2) is 0 Å². The zero-order valence-corrected chi connectivity index (χ0v) is 16.8.